The zero-order valence-corrected chi connectivity index (χ0v) is 18.3. The largest absolute Gasteiger partial charge is 0.503 e. The molecule has 0 aliphatic carbocycles. The highest BCUT2D eigenvalue weighted by Gasteiger charge is 2.43. The van der Waals surface area contributed by atoms with Crippen molar-refractivity contribution in [2.24, 2.45) is 0 Å². The summed E-state index contributed by atoms with van der Waals surface area (Å²) in [6.45, 7) is 0.337. The van der Waals surface area contributed by atoms with Gasteiger partial charge in [0.2, 0.25) is 5.78 Å². The van der Waals surface area contributed by atoms with E-state index in [2.05, 4.69) is 0 Å². The molecule has 1 atom stereocenters. The highest BCUT2D eigenvalue weighted by Crippen LogP contribution is 2.39. The molecule has 1 aromatic heterocycles. The topological polar surface area (TPSA) is 66.8 Å². The van der Waals surface area contributed by atoms with E-state index in [0.29, 0.717) is 22.9 Å². The van der Waals surface area contributed by atoms with E-state index in [0.717, 1.165) is 16.9 Å². The maximum absolute atomic E-state index is 13.2. The van der Waals surface area contributed by atoms with Crippen molar-refractivity contribution in [1.82, 2.24) is 4.90 Å². The second-order valence-corrected chi connectivity index (χ2v) is 8.50. The van der Waals surface area contributed by atoms with Gasteiger partial charge in [-0.25, -0.2) is 0 Å². The quantitative estimate of drug-likeness (QED) is 0.497. The summed E-state index contributed by atoms with van der Waals surface area (Å²) in [4.78, 5) is 28.2. The minimum Gasteiger partial charge on any atom is -0.503 e. The summed E-state index contributed by atoms with van der Waals surface area (Å²) in [6, 6.07) is 17.3. The molecule has 0 fully saturated rings. The molecule has 2 aromatic carbocycles. The van der Waals surface area contributed by atoms with Gasteiger partial charge >= 0.3 is 0 Å². The van der Waals surface area contributed by atoms with Crippen LogP contribution in [0.3, 0.4) is 0 Å². The van der Waals surface area contributed by atoms with Crippen molar-refractivity contribution in [2.75, 3.05) is 13.7 Å². The van der Waals surface area contributed by atoms with Crippen molar-refractivity contribution in [2.45, 2.75) is 12.5 Å². The third-order valence-electron chi connectivity index (χ3n) is 5.28. The summed E-state index contributed by atoms with van der Waals surface area (Å²) in [5, 5.41) is 13.0. The Balaban J connectivity index is 1.67. The number of amides is 1. The standard InChI is InChI=1S/C24H20ClNO4S/c1-30-18-10-4-15(5-11-18)12-13-26-21(16-6-8-17(25)9-7-16)20(23(28)24(26)29)22(27)19-3-2-14-31-19/h2-11,14,21,28H,12-13H2,1H3. The van der Waals surface area contributed by atoms with Crippen LogP contribution in [0.1, 0.15) is 26.8 Å². The lowest BCUT2D eigenvalue weighted by atomic mass is 9.95. The van der Waals surface area contributed by atoms with Crippen molar-refractivity contribution in [3.8, 4) is 5.75 Å². The van der Waals surface area contributed by atoms with Crippen molar-refractivity contribution in [1.29, 1.82) is 0 Å². The van der Waals surface area contributed by atoms with E-state index in [-0.39, 0.29) is 11.4 Å². The first-order valence-corrected chi connectivity index (χ1v) is 11.0. The molecular weight excluding hydrogens is 434 g/mol. The first-order valence-electron chi connectivity index (χ1n) is 9.70. The van der Waals surface area contributed by atoms with Crippen LogP contribution in [0, 0.1) is 0 Å². The Morgan fingerprint density at radius 1 is 1.13 bits per heavy atom. The predicted molar refractivity (Wildman–Crippen MR) is 121 cm³/mol. The zero-order chi connectivity index (χ0) is 22.0. The number of ether oxygens (including phenoxy) is 1. The molecule has 1 aliphatic heterocycles. The third kappa shape index (κ3) is 4.22. The van der Waals surface area contributed by atoms with Crippen LogP contribution in [-0.4, -0.2) is 35.4 Å². The number of nitrogens with zero attached hydrogens (tertiary/aromatic N) is 1. The number of Topliss-reactive ketones (excluding diaryl/α,β-unsaturated/α-hetero) is 1. The second kappa shape index (κ2) is 8.96. The highest BCUT2D eigenvalue weighted by molar-refractivity contribution is 7.12. The van der Waals surface area contributed by atoms with Crippen LogP contribution in [0.25, 0.3) is 0 Å². The zero-order valence-electron chi connectivity index (χ0n) is 16.7. The lowest BCUT2D eigenvalue weighted by Gasteiger charge is -2.27. The summed E-state index contributed by atoms with van der Waals surface area (Å²) >= 11 is 7.32. The molecule has 1 N–H and O–H groups in total. The molecule has 5 nitrogen and oxygen atoms in total. The SMILES string of the molecule is COc1ccc(CCN2C(=O)C(O)=C(C(=O)c3cccs3)C2c2ccc(Cl)cc2)cc1. The maximum atomic E-state index is 13.2. The molecule has 7 heteroatoms. The van der Waals surface area contributed by atoms with E-state index < -0.39 is 17.7 Å². The molecular formula is C24H20ClNO4S. The minimum atomic E-state index is -0.683. The van der Waals surface area contributed by atoms with E-state index in [1.54, 1.807) is 53.8 Å². The van der Waals surface area contributed by atoms with E-state index in [9.17, 15) is 14.7 Å². The Labute approximate surface area is 189 Å². The monoisotopic (exact) mass is 453 g/mol. The molecule has 4 rings (SSSR count). The fraction of sp³-hybridized carbons (Fsp3) is 0.167. The number of carbonyl (C=O) groups is 2. The molecule has 0 saturated carbocycles. The minimum absolute atomic E-state index is 0.101. The van der Waals surface area contributed by atoms with E-state index in [1.807, 2.05) is 24.3 Å². The molecule has 3 aromatic rings. The average Bonchev–Trinajstić information content (AvgIpc) is 3.41. The van der Waals surface area contributed by atoms with Crippen LogP contribution >= 0.6 is 22.9 Å². The van der Waals surface area contributed by atoms with Crippen molar-refractivity contribution in [3.05, 3.63) is 98.4 Å². The van der Waals surface area contributed by atoms with Crippen LogP contribution < -0.4 is 4.74 Å². The number of benzene rings is 2. The summed E-state index contributed by atoms with van der Waals surface area (Å²) in [6.07, 6.45) is 0.563. The van der Waals surface area contributed by atoms with Crippen LogP contribution in [0.15, 0.2) is 77.4 Å². The number of ketones is 1. The molecule has 31 heavy (non-hydrogen) atoms. The van der Waals surface area contributed by atoms with Gasteiger partial charge in [0, 0.05) is 11.6 Å². The van der Waals surface area contributed by atoms with Crippen molar-refractivity contribution >= 4 is 34.6 Å². The molecule has 1 unspecified atom stereocenters. The normalized spacial score (nSPS) is 16.1. The Morgan fingerprint density at radius 3 is 2.45 bits per heavy atom. The van der Waals surface area contributed by atoms with Crippen molar-refractivity contribution in [3.63, 3.8) is 0 Å². The predicted octanol–water partition coefficient (Wildman–Crippen LogP) is 5.23. The van der Waals surface area contributed by atoms with E-state index in [4.69, 9.17) is 16.3 Å². The summed E-state index contributed by atoms with van der Waals surface area (Å²) in [7, 11) is 1.61. The Morgan fingerprint density at radius 2 is 1.84 bits per heavy atom. The van der Waals surface area contributed by atoms with Gasteiger partial charge in [-0.1, -0.05) is 41.9 Å². The first kappa shape index (κ1) is 21.2. The van der Waals surface area contributed by atoms with E-state index >= 15 is 0 Å². The van der Waals surface area contributed by atoms with Crippen LogP contribution in [-0.2, 0) is 11.2 Å². The number of hydrogen-bond donors (Lipinski definition) is 1. The average molecular weight is 454 g/mol. The van der Waals surface area contributed by atoms with Gasteiger partial charge in [-0.05, 0) is 53.3 Å². The fourth-order valence-electron chi connectivity index (χ4n) is 3.69. The number of carbonyl (C=O) groups excluding carboxylic acids is 2. The lowest BCUT2D eigenvalue weighted by Crippen LogP contribution is -2.33. The number of hydrogen-bond acceptors (Lipinski definition) is 5. The van der Waals surface area contributed by atoms with Gasteiger partial charge in [0.25, 0.3) is 5.91 Å². The van der Waals surface area contributed by atoms with Gasteiger partial charge < -0.3 is 14.7 Å². The van der Waals surface area contributed by atoms with Crippen molar-refractivity contribution < 1.29 is 19.4 Å². The van der Waals surface area contributed by atoms with Gasteiger partial charge in [-0.2, -0.15) is 0 Å². The van der Waals surface area contributed by atoms with Gasteiger partial charge in [-0.15, -0.1) is 11.3 Å². The van der Waals surface area contributed by atoms with Gasteiger partial charge in [0.1, 0.15) is 5.75 Å². The van der Waals surface area contributed by atoms with Crippen LogP contribution in [0.4, 0.5) is 0 Å². The molecule has 158 valence electrons. The Kier molecular flexibility index (Phi) is 6.11. The van der Waals surface area contributed by atoms with Crippen LogP contribution in [0.2, 0.25) is 5.02 Å². The maximum Gasteiger partial charge on any atom is 0.290 e. The lowest BCUT2D eigenvalue weighted by molar-refractivity contribution is -0.129. The number of thiophene rings is 1. The number of rotatable bonds is 7. The molecule has 1 amide bonds. The second-order valence-electron chi connectivity index (χ2n) is 7.12. The number of aliphatic hydroxyl groups excluding tert-OH is 1. The number of halogens is 1. The molecule has 0 spiro atoms. The van der Waals surface area contributed by atoms with Gasteiger partial charge in [0.15, 0.2) is 5.76 Å². The summed E-state index contributed by atoms with van der Waals surface area (Å²) in [5.41, 5.74) is 1.84. The number of aliphatic hydroxyl groups is 1. The first-order chi connectivity index (χ1) is 15.0. The molecule has 0 bridgehead atoms. The Bertz CT molecular complexity index is 1120. The molecule has 0 saturated heterocycles. The Hall–Kier alpha value is -3.09. The molecule has 1 aliphatic rings. The van der Waals surface area contributed by atoms with Gasteiger partial charge in [-0.3, -0.25) is 9.59 Å². The fourth-order valence-corrected chi connectivity index (χ4v) is 4.49. The smallest absolute Gasteiger partial charge is 0.290 e. The van der Waals surface area contributed by atoms with Gasteiger partial charge in [0.05, 0.1) is 23.6 Å². The molecule has 2 heterocycles. The van der Waals surface area contributed by atoms with Crippen LogP contribution in [0.5, 0.6) is 5.75 Å². The summed E-state index contributed by atoms with van der Waals surface area (Å²) in [5.74, 6) is -0.627. The molecule has 0 radical (unpaired) electrons. The highest BCUT2D eigenvalue weighted by atomic mass is 35.5. The van der Waals surface area contributed by atoms with E-state index in [1.165, 1.54) is 11.3 Å². The third-order valence-corrected chi connectivity index (χ3v) is 6.40. The number of methoxy groups -OCH3 is 1. The summed E-state index contributed by atoms with van der Waals surface area (Å²) < 4.78 is 5.19.